The highest BCUT2D eigenvalue weighted by Crippen LogP contribution is 2.14. The minimum absolute atomic E-state index is 0.301. The number of rotatable bonds is 1. The minimum Gasteiger partial charge on any atom is -0.464 e. The van der Waals surface area contributed by atoms with Gasteiger partial charge in [-0.25, -0.2) is 4.79 Å². The van der Waals surface area contributed by atoms with Crippen LogP contribution in [-0.4, -0.2) is 22.9 Å². The molecule has 4 nitrogen and oxygen atoms in total. The molecule has 0 fully saturated rings. The first kappa shape index (κ1) is 12.2. The lowest BCUT2D eigenvalue weighted by Crippen LogP contribution is -2.03. The number of carbonyl (C=O) groups is 1. The Balaban J connectivity index is 0.000000671. The average Bonchev–Trinajstić information content (AvgIpc) is 2.47. The molecule has 1 heterocycles. The van der Waals surface area contributed by atoms with Crippen molar-refractivity contribution >= 4 is 21.9 Å². The predicted octanol–water partition coefficient (Wildman–Crippen LogP) is 2.00. The Bertz CT molecular complexity index is 284. The summed E-state index contributed by atoms with van der Waals surface area (Å²) in [6, 6.07) is 0. The van der Waals surface area contributed by atoms with Crippen LogP contribution in [0.5, 0.6) is 0 Å². The van der Waals surface area contributed by atoms with E-state index in [0.29, 0.717) is 10.2 Å². The van der Waals surface area contributed by atoms with E-state index in [1.165, 1.54) is 11.8 Å². The van der Waals surface area contributed by atoms with Crippen LogP contribution in [0.15, 0.2) is 10.7 Å². The lowest BCUT2D eigenvalue weighted by Gasteiger charge is -1.92. The fourth-order valence-electron chi connectivity index (χ4n) is 0.695. The number of aryl methyl sites for hydroxylation is 1. The van der Waals surface area contributed by atoms with Gasteiger partial charge in [-0.05, 0) is 15.9 Å². The van der Waals surface area contributed by atoms with Crippen LogP contribution in [-0.2, 0) is 11.8 Å². The van der Waals surface area contributed by atoms with E-state index in [1.807, 2.05) is 13.8 Å². The van der Waals surface area contributed by atoms with Crippen LogP contribution in [0.4, 0.5) is 0 Å². The van der Waals surface area contributed by atoms with Gasteiger partial charge in [-0.1, -0.05) is 13.8 Å². The SMILES string of the molecule is CC.COC(=O)c1nn(C)cc1Br. The second-order valence-corrected chi connectivity index (χ2v) is 2.85. The number of aromatic nitrogens is 2. The molecule has 0 unspecified atom stereocenters. The molecule has 74 valence electrons. The van der Waals surface area contributed by atoms with Crippen molar-refractivity contribution in [2.45, 2.75) is 13.8 Å². The fourth-order valence-corrected chi connectivity index (χ4v) is 1.23. The number of ether oxygens (including phenoxy) is 1. The summed E-state index contributed by atoms with van der Waals surface area (Å²) in [4.78, 5) is 10.9. The van der Waals surface area contributed by atoms with Crippen molar-refractivity contribution in [1.82, 2.24) is 9.78 Å². The van der Waals surface area contributed by atoms with E-state index in [0.717, 1.165) is 0 Å². The summed E-state index contributed by atoms with van der Waals surface area (Å²) in [5.41, 5.74) is 0.301. The quantitative estimate of drug-likeness (QED) is 0.715. The number of nitrogens with zero attached hydrogens (tertiary/aromatic N) is 2. The molecule has 0 radical (unpaired) electrons. The molecule has 0 aromatic carbocycles. The number of halogens is 1. The fraction of sp³-hybridized carbons (Fsp3) is 0.500. The summed E-state index contributed by atoms with van der Waals surface area (Å²) in [6.07, 6.45) is 1.69. The second-order valence-electron chi connectivity index (χ2n) is 1.99. The van der Waals surface area contributed by atoms with E-state index >= 15 is 0 Å². The molecule has 0 bridgehead atoms. The van der Waals surface area contributed by atoms with Gasteiger partial charge in [-0.15, -0.1) is 0 Å². The summed E-state index contributed by atoms with van der Waals surface area (Å²) < 4.78 is 6.67. The monoisotopic (exact) mass is 248 g/mol. The summed E-state index contributed by atoms with van der Waals surface area (Å²) in [5, 5.41) is 3.88. The third-order valence-electron chi connectivity index (χ3n) is 1.16. The van der Waals surface area contributed by atoms with Crippen molar-refractivity contribution in [1.29, 1.82) is 0 Å². The molecular formula is C8H13BrN2O2. The Hall–Kier alpha value is -0.840. The van der Waals surface area contributed by atoms with Crippen molar-refractivity contribution < 1.29 is 9.53 Å². The molecular weight excluding hydrogens is 236 g/mol. The van der Waals surface area contributed by atoms with Crippen LogP contribution in [0.2, 0.25) is 0 Å². The van der Waals surface area contributed by atoms with Crippen molar-refractivity contribution in [3.8, 4) is 0 Å². The summed E-state index contributed by atoms with van der Waals surface area (Å²) in [7, 11) is 3.06. The molecule has 0 saturated carbocycles. The maximum absolute atomic E-state index is 10.9. The summed E-state index contributed by atoms with van der Waals surface area (Å²) in [6.45, 7) is 4.00. The Labute approximate surface area is 86.0 Å². The maximum Gasteiger partial charge on any atom is 0.359 e. The summed E-state index contributed by atoms with van der Waals surface area (Å²) in [5.74, 6) is -0.433. The van der Waals surface area contributed by atoms with Gasteiger partial charge in [0.15, 0.2) is 5.69 Å². The van der Waals surface area contributed by atoms with Crippen molar-refractivity contribution in [2.75, 3.05) is 7.11 Å². The molecule has 1 aromatic rings. The van der Waals surface area contributed by atoms with E-state index in [2.05, 4.69) is 25.8 Å². The van der Waals surface area contributed by atoms with Gasteiger partial charge >= 0.3 is 5.97 Å². The predicted molar refractivity (Wildman–Crippen MR) is 53.6 cm³/mol. The number of methoxy groups -OCH3 is 1. The van der Waals surface area contributed by atoms with Crippen LogP contribution in [0.25, 0.3) is 0 Å². The highest BCUT2D eigenvalue weighted by atomic mass is 79.9. The first-order valence-corrected chi connectivity index (χ1v) is 4.72. The number of hydrogen-bond donors (Lipinski definition) is 0. The molecule has 0 atom stereocenters. The molecule has 0 saturated heterocycles. The zero-order valence-corrected chi connectivity index (χ0v) is 9.75. The van der Waals surface area contributed by atoms with Crippen molar-refractivity contribution in [3.63, 3.8) is 0 Å². The molecule has 5 heteroatoms. The maximum atomic E-state index is 10.9. The first-order valence-electron chi connectivity index (χ1n) is 3.92. The molecule has 0 aliphatic carbocycles. The van der Waals surface area contributed by atoms with Crippen LogP contribution in [0.3, 0.4) is 0 Å². The van der Waals surface area contributed by atoms with Gasteiger partial charge in [-0.2, -0.15) is 5.10 Å². The van der Waals surface area contributed by atoms with E-state index in [9.17, 15) is 4.79 Å². The van der Waals surface area contributed by atoms with E-state index in [1.54, 1.807) is 13.2 Å². The standard InChI is InChI=1S/C6H7BrN2O2.C2H6/c1-9-3-4(7)5(8-9)6(10)11-2;1-2/h3H,1-2H3;1-2H3. The van der Waals surface area contributed by atoms with E-state index in [-0.39, 0.29) is 0 Å². The number of carbonyl (C=O) groups excluding carboxylic acids is 1. The lowest BCUT2D eigenvalue weighted by molar-refractivity contribution is 0.0592. The van der Waals surface area contributed by atoms with Crippen LogP contribution < -0.4 is 0 Å². The minimum atomic E-state index is -0.433. The normalized spacial score (nSPS) is 8.69. The second kappa shape index (κ2) is 5.75. The Morgan fingerprint density at radius 3 is 2.46 bits per heavy atom. The highest BCUT2D eigenvalue weighted by molar-refractivity contribution is 9.10. The largest absolute Gasteiger partial charge is 0.464 e. The van der Waals surface area contributed by atoms with Crippen LogP contribution in [0, 0.1) is 0 Å². The van der Waals surface area contributed by atoms with Gasteiger partial charge < -0.3 is 4.74 Å². The lowest BCUT2D eigenvalue weighted by atomic mass is 10.4. The van der Waals surface area contributed by atoms with Gasteiger partial charge in [0.1, 0.15) is 0 Å². The van der Waals surface area contributed by atoms with E-state index in [4.69, 9.17) is 0 Å². The molecule has 13 heavy (non-hydrogen) atoms. The van der Waals surface area contributed by atoms with Gasteiger partial charge in [0.25, 0.3) is 0 Å². The third-order valence-corrected chi connectivity index (χ3v) is 1.74. The first-order chi connectivity index (χ1) is 6.15. The average molecular weight is 249 g/mol. The summed E-state index contributed by atoms with van der Waals surface area (Å²) >= 11 is 3.17. The van der Waals surface area contributed by atoms with Crippen molar-refractivity contribution in [2.24, 2.45) is 7.05 Å². The zero-order valence-electron chi connectivity index (χ0n) is 8.17. The number of esters is 1. The van der Waals surface area contributed by atoms with Gasteiger partial charge in [0.05, 0.1) is 11.6 Å². The topological polar surface area (TPSA) is 44.1 Å². The van der Waals surface area contributed by atoms with Gasteiger partial charge in [-0.3, -0.25) is 4.68 Å². The van der Waals surface area contributed by atoms with Gasteiger partial charge in [0.2, 0.25) is 0 Å². The molecule has 1 rings (SSSR count). The molecule has 0 N–H and O–H groups in total. The van der Waals surface area contributed by atoms with Crippen molar-refractivity contribution in [3.05, 3.63) is 16.4 Å². The third kappa shape index (κ3) is 3.18. The Morgan fingerprint density at radius 2 is 2.15 bits per heavy atom. The van der Waals surface area contributed by atoms with Crippen LogP contribution in [0.1, 0.15) is 24.3 Å². The smallest absolute Gasteiger partial charge is 0.359 e. The zero-order chi connectivity index (χ0) is 10.4. The molecule has 1 aromatic heterocycles. The number of hydrogen-bond acceptors (Lipinski definition) is 3. The van der Waals surface area contributed by atoms with Gasteiger partial charge in [0, 0.05) is 13.2 Å². The highest BCUT2D eigenvalue weighted by Gasteiger charge is 2.13. The molecule has 0 aliphatic heterocycles. The van der Waals surface area contributed by atoms with Crippen LogP contribution >= 0.6 is 15.9 Å². The Kier molecular flexibility index (Phi) is 5.37. The molecule has 0 aliphatic rings. The molecule has 0 spiro atoms. The molecule has 0 amide bonds. The van der Waals surface area contributed by atoms with E-state index < -0.39 is 5.97 Å². The Morgan fingerprint density at radius 1 is 1.62 bits per heavy atom.